The quantitative estimate of drug-likeness (QED) is 0.805. The molecule has 100 valence electrons. The van der Waals surface area contributed by atoms with Crippen molar-refractivity contribution in [2.75, 3.05) is 13.6 Å². The molecule has 0 spiro atoms. The van der Waals surface area contributed by atoms with Gasteiger partial charge in [0.15, 0.2) is 6.10 Å². The standard InChI is InChI=1S/C13H19FN2O2/c1-9(15-3)8-16-13(17)10(2)18-12-6-4-11(14)5-7-12/h4-7,9-10,15H,8H2,1-3H3,(H,16,17). The summed E-state index contributed by atoms with van der Waals surface area (Å²) in [5.41, 5.74) is 0. The highest BCUT2D eigenvalue weighted by Gasteiger charge is 2.14. The number of hydrogen-bond donors (Lipinski definition) is 2. The van der Waals surface area contributed by atoms with E-state index in [0.717, 1.165) is 0 Å². The number of benzene rings is 1. The third kappa shape index (κ3) is 4.71. The summed E-state index contributed by atoms with van der Waals surface area (Å²) in [5, 5.41) is 5.78. The Hall–Kier alpha value is -1.62. The summed E-state index contributed by atoms with van der Waals surface area (Å²) in [4.78, 5) is 11.7. The first kappa shape index (κ1) is 14.4. The molecule has 0 heterocycles. The van der Waals surface area contributed by atoms with Crippen LogP contribution in [0.15, 0.2) is 24.3 Å². The Labute approximate surface area is 107 Å². The highest BCUT2D eigenvalue weighted by atomic mass is 19.1. The molecule has 2 atom stereocenters. The van der Waals surface area contributed by atoms with Gasteiger partial charge in [0.25, 0.3) is 5.91 Å². The Morgan fingerprint density at radius 2 is 1.94 bits per heavy atom. The molecule has 2 N–H and O–H groups in total. The van der Waals surface area contributed by atoms with Gasteiger partial charge in [-0.2, -0.15) is 0 Å². The Morgan fingerprint density at radius 1 is 1.33 bits per heavy atom. The zero-order valence-corrected chi connectivity index (χ0v) is 10.9. The second-order valence-electron chi connectivity index (χ2n) is 4.15. The molecule has 0 saturated carbocycles. The average Bonchev–Trinajstić information content (AvgIpc) is 2.38. The molecule has 0 radical (unpaired) electrons. The minimum atomic E-state index is -0.612. The van der Waals surface area contributed by atoms with Crippen LogP contribution in [0.5, 0.6) is 5.75 Å². The van der Waals surface area contributed by atoms with Crippen LogP contribution in [0, 0.1) is 5.82 Å². The van der Waals surface area contributed by atoms with Gasteiger partial charge in [0.1, 0.15) is 11.6 Å². The van der Waals surface area contributed by atoms with Crippen molar-refractivity contribution in [1.82, 2.24) is 10.6 Å². The molecule has 0 bridgehead atoms. The van der Waals surface area contributed by atoms with Crippen molar-refractivity contribution in [1.29, 1.82) is 0 Å². The van der Waals surface area contributed by atoms with E-state index in [1.54, 1.807) is 6.92 Å². The van der Waals surface area contributed by atoms with Crippen LogP contribution in [-0.2, 0) is 4.79 Å². The van der Waals surface area contributed by atoms with E-state index in [1.807, 2.05) is 14.0 Å². The molecule has 1 aromatic carbocycles. The van der Waals surface area contributed by atoms with Crippen LogP contribution in [0.1, 0.15) is 13.8 Å². The van der Waals surface area contributed by atoms with E-state index < -0.39 is 6.10 Å². The fourth-order valence-corrected chi connectivity index (χ4v) is 1.27. The maximum Gasteiger partial charge on any atom is 0.260 e. The number of halogens is 1. The molecule has 18 heavy (non-hydrogen) atoms. The van der Waals surface area contributed by atoms with Gasteiger partial charge in [-0.05, 0) is 45.2 Å². The van der Waals surface area contributed by atoms with Crippen LogP contribution in [0.3, 0.4) is 0 Å². The van der Waals surface area contributed by atoms with Crippen molar-refractivity contribution in [3.8, 4) is 5.75 Å². The van der Waals surface area contributed by atoms with Crippen LogP contribution in [0.4, 0.5) is 4.39 Å². The predicted molar refractivity (Wildman–Crippen MR) is 68.0 cm³/mol. The van der Waals surface area contributed by atoms with Gasteiger partial charge >= 0.3 is 0 Å². The number of rotatable bonds is 6. The van der Waals surface area contributed by atoms with E-state index in [-0.39, 0.29) is 17.8 Å². The largest absolute Gasteiger partial charge is 0.481 e. The summed E-state index contributed by atoms with van der Waals surface area (Å²) in [5.74, 6) is -0.0514. The van der Waals surface area contributed by atoms with Crippen molar-refractivity contribution in [3.05, 3.63) is 30.1 Å². The molecule has 1 amide bonds. The van der Waals surface area contributed by atoms with E-state index in [4.69, 9.17) is 4.74 Å². The molecule has 1 aromatic rings. The Kier molecular flexibility index (Phi) is 5.58. The maximum absolute atomic E-state index is 12.7. The second kappa shape index (κ2) is 6.96. The number of carbonyl (C=O) groups is 1. The third-order valence-electron chi connectivity index (χ3n) is 2.57. The molecule has 0 fully saturated rings. The Bertz CT molecular complexity index is 381. The number of nitrogens with one attached hydrogen (secondary N) is 2. The number of ether oxygens (including phenoxy) is 1. The van der Waals surface area contributed by atoms with Crippen LogP contribution in [-0.4, -0.2) is 31.6 Å². The van der Waals surface area contributed by atoms with Crippen molar-refractivity contribution in [3.63, 3.8) is 0 Å². The van der Waals surface area contributed by atoms with Gasteiger partial charge in [0, 0.05) is 12.6 Å². The van der Waals surface area contributed by atoms with Crippen LogP contribution >= 0.6 is 0 Å². The smallest absolute Gasteiger partial charge is 0.260 e. The van der Waals surface area contributed by atoms with Crippen molar-refractivity contribution in [2.45, 2.75) is 26.0 Å². The van der Waals surface area contributed by atoms with E-state index in [0.29, 0.717) is 12.3 Å². The van der Waals surface area contributed by atoms with Gasteiger partial charge < -0.3 is 15.4 Å². The zero-order chi connectivity index (χ0) is 13.5. The van der Waals surface area contributed by atoms with Crippen molar-refractivity contribution >= 4 is 5.91 Å². The molecular formula is C13H19FN2O2. The van der Waals surface area contributed by atoms with E-state index in [9.17, 15) is 9.18 Å². The number of likely N-dealkylation sites (N-methyl/N-ethyl adjacent to an activating group) is 1. The number of amides is 1. The predicted octanol–water partition coefficient (Wildman–Crippen LogP) is 1.32. The minimum Gasteiger partial charge on any atom is -0.481 e. The van der Waals surface area contributed by atoms with Gasteiger partial charge in [0.05, 0.1) is 0 Å². The molecule has 0 aromatic heterocycles. The Morgan fingerprint density at radius 3 is 2.50 bits per heavy atom. The topological polar surface area (TPSA) is 50.4 Å². The van der Waals surface area contributed by atoms with Crippen molar-refractivity contribution < 1.29 is 13.9 Å². The summed E-state index contributed by atoms with van der Waals surface area (Å²) in [6, 6.07) is 5.78. The van der Waals surface area contributed by atoms with Crippen LogP contribution < -0.4 is 15.4 Å². The van der Waals surface area contributed by atoms with Gasteiger partial charge in [-0.15, -0.1) is 0 Å². The Balaban J connectivity index is 2.42. The van der Waals surface area contributed by atoms with Gasteiger partial charge in [-0.1, -0.05) is 0 Å². The molecule has 4 nitrogen and oxygen atoms in total. The van der Waals surface area contributed by atoms with Crippen LogP contribution in [0.2, 0.25) is 0 Å². The van der Waals surface area contributed by atoms with E-state index in [1.165, 1.54) is 24.3 Å². The summed E-state index contributed by atoms with van der Waals surface area (Å²) in [6.45, 7) is 4.15. The fraction of sp³-hybridized carbons (Fsp3) is 0.462. The van der Waals surface area contributed by atoms with Gasteiger partial charge in [-0.25, -0.2) is 4.39 Å². The lowest BCUT2D eigenvalue weighted by molar-refractivity contribution is -0.127. The molecule has 0 aliphatic rings. The minimum absolute atomic E-state index is 0.193. The zero-order valence-electron chi connectivity index (χ0n) is 10.9. The normalized spacial score (nSPS) is 13.8. The summed E-state index contributed by atoms with van der Waals surface area (Å²) >= 11 is 0. The lowest BCUT2D eigenvalue weighted by Crippen LogP contribution is -2.42. The summed E-state index contributed by atoms with van der Waals surface area (Å²) < 4.78 is 18.1. The first-order chi connectivity index (χ1) is 8.52. The number of hydrogen-bond acceptors (Lipinski definition) is 3. The fourth-order valence-electron chi connectivity index (χ4n) is 1.27. The summed E-state index contributed by atoms with van der Waals surface area (Å²) in [6.07, 6.45) is -0.612. The molecule has 2 unspecified atom stereocenters. The van der Waals surface area contributed by atoms with E-state index >= 15 is 0 Å². The molecule has 5 heteroatoms. The first-order valence-electron chi connectivity index (χ1n) is 5.90. The first-order valence-corrected chi connectivity index (χ1v) is 5.90. The van der Waals surface area contributed by atoms with E-state index in [2.05, 4.69) is 10.6 Å². The molecule has 0 saturated heterocycles. The van der Waals surface area contributed by atoms with Crippen LogP contribution in [0.25, 0.3) is 0 Å². The maximum atomic E-state index is 12.7. The third-order valence-corrected chi connectivity index (χ3v) is 2.57. The highest BCUT2D eigenvalue weighted by Crippen LogP contribution is 2.12. The monoisotopic (exact) mass is 254 g/mol. The van der Waals surface area contributed by atoms with Gasteiger partial charge in [-0.3, -0.25) is 4.79 Å². The van der Waals surface area contributed by atoms with Gasteiger partial charge in [0.2, 0.25) is 0 Å². The highest BCUT2D eigenvalue weighted by molar-refractivity contribution is 5.80. The molecule has 1 rings (SSSR count). The van der Waals surface area contributed by atoms with Crippen molar-refractivity contribution in [2.24, 2.45) is 0 Å². The SMILES string of the molecule is CNC(C)CNC(=O)C(C)Oc1ccc(F)cc1. The lowest BCUT2D eigenvalue weighted by atomic mass is 10.3. The second-order valence-corrected chi connectivity index (χ2v) is 4.15. The molecule has 0 aliphatic carbocycles. The molecule has 0 aliphatic heterocycles. The summed E-state index contributed by atoms with van der Waals surface area (Å²) in [7, 11) is 1.83. The average molecular weight is 254 g/mol. The lowest BCUT2D eigenvalue weighted by Gasteiger charge is -2.16. The number of carbonyl (C=O) groups excluding carboxylic acids is 1. The molecular weight excluding hydrogens is 235 g/mol.